The van der Waals surface area contributed by atoms with Crippen LogP contribution < -0.4 is 39.7 Å². The Hall–Kier alpha value is -5.34. The predicted molar refractivity (Wildman–Crippen MR) is 239 cm³/mol. The molecule has 5 amide bonds. The molecule has 1 saturated heterocycles. The summed E-state index contributed by atoms with van der Waals surface area (Å²) in [4.78, 5) is 98.6. The van der Waals surface area contributed by atoms with Gasteiger partial charge in [0.2, 0.25) is 23.6 Å². The van der Waals surface area contributed by atoms with E-state index >= 15 is 14.4 Å². The number of amides is 5. The number of carbonyl (C=O) groups excluding carboxylic acids is 5. The summed E-state index contributed by atoms with van der Waals surface area (Å²) in [5.41, 5.74) is 35.1. The number of carbonyl (C=O) groups is 6. The van der Waals surface area contributed by atoms with Gasteiger partial charge in [0.05, 0.1) is 18.2 Å². The Morgan fingerprint density at radius 1 is 0.828 bits per heavy atom. The molecule has 15 N–H and O–H groups in total. The van der Waals surface area contributed by atoms with E-state index in [-0.39, 0.29) is 82.0 Å². The second kappa shape index (κ2) is 23.0. The van der Waals surface area contributed by atoms with Crippen molar-refractivity contribution in [3.8, 4) is 0 Å². The maximum absolute atomic E-state index is 15.4. The van der Waals surface area contributed by atoms with Crippen molar-refractivity contribution in [3.05, 3.63) is 35.4 Å². The number of nitrogens with two attached hydrogens (primary N) is 6. The molecule has 20 heteroatoms. The first kappa shape index (κ1) is 49.7. The number of aliphatic imine (C=N–C) groups is 2. The van der Waals surface area contributed by atoms with Crippen molar-refractivity contribution in [2.75, 3.05) is 19.7 Å². The van der Waals surface area contributed by atoms with Crippen LogP contribution in [0.15, 0.2) is 34.3 Å². The molecule has 2 heterocycles. The molecule has 3 fully saturated rings. The summed E-state index contributed by atoms with van der Waals surface area (Å²) < 4.78 is 0. The lowest BCUT2D eigenvalue weighted by atomic mass is 9.84. The number of aliphatic hydroxyl groups excluding tert-OH is 1. The van der Waals surface area contributed by atoms with Crippen LogP contribution in [-0.4, -0.2) is 134 Å². The van der Waals surface area contributed by atoms with Crippen LogP contribution in [-0.2, 0) is 41.7 Å². The lowest BCUT2D eigenvalue weighted by Gasteiger charge is -2.44. The van der Waals surface area contributed by atoms with Crippen LogP contribution in [0.3, 0.4) is 0 Å². The molecule has 2 aliphatic heterocycles. The number of imide groups is 1. The van der Waals surface area contributed by atoms with Gasteiger partial charge < -0.3 is 59.7 Å². The van der Waals surface area contributed by atoms with Crippen LogP contribution in [0.5, 0.6) is 0 Å². The minimum absolute atomic E-state index is 0.00559. The number of carboxylic acids is 1. The van der Waals surface area contributed by atoms with Crippen molar-refractivity contribution >= 4 is 47.4 Å². The van der Waals surface area contributed by atoms with E-state index in [1.807, 2.05) is 12.1 Å². The minimum atomic E-state index is -1.89. The third kappa shape index (κ3) is 12.3. The van der Waals surface area contributed by atoms with Crippen molar-refractivity contribution in [3.63, 3.8) is 0 Å². The van der Waals surface area contributed by atoms with Gasteiger partial charge in [0.25, 0.3) is 5.91 Å². The van der Waals surface area contributed by atoms with Crippen LogP contribution in [0, 0.1) is 5.92 Å². The highest BCUT2D eigenvalue weighted by molar-refractivity contribution is 6.07. The summed E-state index contributed by atoms with van der Waals surface area (Å²) in [7, 11) is 0. The summed E-state index contributed by atoms with van der Waals surface area (Å²) in [6.45, 7) is -0.919. The number of aliphatic hydroxyl groups is 1. The fourth-order valence-electron chi connectivity index (χ4n) is 10.0. The zero-order valence-corrected chi connectivity index (χ0v) is 37.0. The number of nitrogens with one attached hydrogen (secondary N) is 1. The highest BCUT2D eigenvalue weighted by Crippen LogP contribution is 2.41. The second-order valence-electron chi connectivity index (χ2n) is 18.0. The molecule has 0 bridgehead atoms. The fraction of sp³-hybridized carbons (Fsp3) is 0.682. The third-order valence-electron chi connectivity index (χ3n) is 13.5. The Bertz CT molecular complexity index is 1880. The number of guanidine groups is 2. The molecule has 1 aromatic carbocycles. The number of hydrogen-bond donors (Lipinski definition) is 9. The number of aliphatic carboxylic acids is 1. The molecule has 0 spiro atoms. The van der Waals surface area contributed by atoms with Crippen molar-refractivity contribution in [1.29, 1.82) is 0 Å². The molecule has 0 aromatic heterocycles. The third-order valence-corrected chi connectivity index (χ3v) is 13.5. The minimum Gasteiger partial charge on any atom is -0.480 e. The van der Waals surface area contributed by atoms with Gasteiger partial charge >= 0.3 is 5.97 Å². The number of rotatable bonds is 17. The topological polar surface area (TPSA) is 345 Å². The van der Waals surface area contributed by atoms with Crippen LogP contribution in [0.2, 0.25) is 0 Å². The molecular weight excluding hydrogens is 825 g/mol. The molecule has 0 unspecified atom stereocenters. The van der Waals surface area contributed by atoms with E-state index in [0.717, 1.165) is 50.5 Å². The van der Waals surface area contributed by atoms with Crippen molar-refractivity contribution in [1.82, 2.24) is 20.0 Å². The van der Waals surface area contributed by atoms with Gasteiger partial charge in [0.1, 0.15) is 24.2 Å². The van der Waals surface area contributed by atoms with Crippen molar-refractivity contribution in [2.45, 2.75) is 164 Å². The molecule has 7 atom stereocenters. The average Bonchev–Trinajstić information content (AvgIpc) is 3.71. The van der Waals surface area contributed by atoms with E-state index in [1.54, 1.807) is 12.1 Å². The monoisotopic (exact) mass is 895 g/mol. The number of benzene rings is 1. The highest BCUT2D eigenvalue weighted by Gasteiger charge is 2.53. The van der Waals surface area contributed by atoms with E-state index in [0.29, 0.717) is 42.6 Å². The first-order valence-electron chi connectivity index (χ1n) is 22.9. The summed E-state index contributed by atoms with van der Waals surface area (Å²) >= 11 is 0. The summed E-state index contributed by atoms with van der Waals surface area (Å²) in [5, 5.41) is 24.4. The average molecular weight is 895 g/mol. The molecule has 1 aromatic rings. The molecule has 5 rings (SSSR count). The molecule has 0 radical (unpaired) electrons. The zero-order valence-electron chi connectivity index (χ0n) is 37.0. The Morgan fingerprint density at radius 3 is 2.03 bits per heavy atom. The SMILES string of the molecule is NC(N)=NCCC[C@@H](N)C(=O)N[C@@H](CCCN=C(N)N)C(=O)N(C(=O)C1(N)CCCCCCCC1)[C@@H](CO)C(=O)N1Cc2ccccc2C[C@@H]1C(=O)N1[C@H](C(=O)O)C[C@@H]2CCCC[C@@H]21. The largest absolute Gasteiger partial charge is 0.480 e. The van der Waals surface area contributed by atoms with Gasteiger partial charge in [-0.2, -0.15) is 0 Å². The van der Waals surface area contributed by atoms with Gasteiger partial charge in [-0.15, -0.1) is 0 Å². The maximum atomic E-state index is 15.4. The number of fused-ring (bicyclic) bond motifs is 2. The van der Waals surface area contributed by atoms with Crippen LogP contribution in [0.25, 0.3) is 0 Å². The Labute approximate surface area is 374 Å². The Balaban J connectivity index is 1.56. The first-order chi connectivity index (χ1) is 30.6. The van der Waals surface area contributed by atoms with Gasteiger partial charge in [-0.05, 0) is 74.8 Å². The zero-order chi connectivity index (χ0) is 46.6. The van der Waals surface area contributed by atoms with Crippen molar-refractivity contribution in [2.24, 2.45) is 50.3 Å². The van der Waals surface area contributed by atoms with E-state index in [9.17, 15) is 24.6 Å². The molecule has 64 heavy (non-hydrogen) atoms. The Morgan fingerprint density at radius 2 is 1.42 bits per heavy atom. The van der Waals surface area contributed by atoms with Crippen LogP contribution in [0.1, 0.15) is 120 Å². The standard InChI is InChI=1S/C44H70N12O8/c45-30(16-11-21-51-42(46)47)36(58)53-31(17-12-22-52-43(48)49)37(59)56(41(64)44(50)19-9-3-1-2-4-10-20-44)35(26-57)38(60)54-25-29-15-6-5-13-27(29)23-33(54)39(61)55-32-18-8-7-14-28(32)24-34(55)40(62)63/h5-6,13,15,28,30-35,57H,1-4,7-12,14,16-26,45,50H2,(H,53,58)(H,62,63)(H4,46,47,51)(H4,48,49,52)/t28-,30+,31-,32-,33+,34-,35-/m0/s1. The smallest absolute Gasteiger partial charge is 0.326 e. The van der Waals surface area contributed by atoms with Crippen LogP contribution in [0.4, 0.5) is 0 Å². The maximum Gasteiger partial charge on any atom is 0.326 e. The number of hydrogen-bond acceptors (Lipinski definition) is 11. The summed E-state index contributed by atoms with van der Waals surface area (Å²) in [5.74, 6) is -5.54. The van der Waals surface area contributed by atoms with Gasteiger partial charge in [0.15, 0.2) is 11.9 Å². The lowest BCUT2D eigenvalue weighted by molar-refractivity contribution is -0.165. The molecule has 354 valence electrons. The normalized spacial score (nSPS) is 23.3. The molecule has 2 aliphatic carbocycles. The van der Waals surface area contributed by atoms with E-state index in [2.05, 4.69) is 15.3 Å². The molecule has 2 saturated carbocycles. The molecule has 4 aliphatic rings. The summed E-state index contributed by atoms with van der Waals surface area (Å²) in [6, 6.07) is 0.119. The second-order valence-corrected chi connectivity index (χ2v) is 18.0. The highest BCUT2D eigenvalue weighted by atomic mass is 16.4. The number of nitrogens with zero attached hydrogens (tertiary/aromatic N) is 5. The fourth-order valence-corrected chi connectivity index (χ4v) is 10.0. The van der Waals surface area contributed by atoms with Gasteiger partial charge in [-0.3, -0.25) is 38.9 Å². The van der Waals surface area contributed by atoms with E-state index in [4.69, 9.17) is 34.4 Å². The van der Waals surface area contributed by atoms with E-state index in [1.165, 1.54) is 9.80 Å². The van der Waals surface area contributed by atoms with Gasteiger partial charge in [-0.25, -0.2) is 4.79 Å². The van der Waals surface area contributed by atoms with Gasteiger partial charge in [0, 0.05) is 32.1 Å². The number of likely N-dealkylation sites (tertiary alicyclic amines) is 1. The lowest BCUT2D eigenvalue weighted by Crippen LogP contribution is -2.67. The number of carboxylic acid groups (broad SMARTS) is 1. The summed E-state index contributed by atoms with van der Waals surface area (Å²) in [6.07, 6.45) is 8.98. The van der Waals surface area contributed by atoms with Crippen LogP contribution >= 0.6 is 0 Å². The van der Waals surface area contributed by atoms with Gasteiger partial charge in [-0.1, -0.05) is 75.6 Å². The quantitative estimate of drug-likeness (QED) is 0.0549. The molecule has 20 nitrogen and oxygen atoms in total. The Kier molecular flexibility index (Phi) is 17.9. The predicted octanol–water partition coefficient (Wildman–Crippen LogP) is -0.349. The molecular formula is C44H70N12O8. The van der Waals surface area contributed by atoms with Crippen molar-refractivity contribution < 1.29 is 39.0 Å². The first-order valence-corrected chi connectivity index (χ1v) is 22.9. The van der Waals surface area contributed by atoms with E-state index < -0.39 is 77.9 Å².